The smallest absolute Gasteiger partial charge is 0.456 e. The van der Waals surface area contributed by atoms with Crippen molar-refractivity contribution in [1.82, 2.24) is 5.01 Å². The maximum absolute atomic E-state index is 13.2. The number of para-hydroxylation sites is 1. The number of halogens is 5. The molecule has 0 spiro atoms. The van der Waals surface area contributed by atoms with Crippen LogP contribution in [0.15, 0.2) is 47.1 Å². The van der Waals surface area contributed by atoms with E-state index in [0.717, 1.165) is 11.1 Å². The Labute approximate surface area is 146 Å². The molecule has 1 aromatic rings. The number of hydrazone groups is 1. The lowest BCUT2D eigenvalue weighted by atomic mass is 9.89. The molecule has 3 rings (SSSR count). The molecule has 1 aromatic carbocycles. The van der Waals surface area contributed by atoms with Gasteiger partial charge in [0, 0.05) is 18.2 Å². The van der Waals surface area contributed by atoms with Crippen LogP contribution in [0, 0.1) is 0 Å². The van der Waals surface area contributed by atoms with Gasteiger partial charge in [-0.15, -0.1) is 0 Å². The van der Waals surface area contributed by atoms with Crippen molar-refractivity contribution in [2.24, 2.45) is 10.8 Å². The second-order valence-corrected chi connectivity index (χ2v) is 6.08. The Bertz CT molecular complexity index is 798. The van der Waals surface area contributed by atoms with Gasteiger partial charge in [-0.25, -0.2) is 0 Å². The molecule has 140 valence electrons. The standard InChI is InChI=1S/C17H16F5N3O/c1-25-13-8-10(6-7-12(13)15(23)24-25)11-4-2-3-5-14(11)26-9-16(18,19)17(20,21)22/h2-7,13H,8-9H2,1H3,(H2,23,24). The van der Waals surface area contributed by atoms with Crippen molar-refractivity contribution in [3.8, 4) is 5.75 Å². The molecule has 2 aliphatic rings. The van der Waals surface area contributed by atoms with E-state index in [2.05, 4.69) is 5.10 Å². The Morgan fingerprint density at radius 2 is 1.88 bits per heavy atom. The fourth-order valence-electron chi connectivity index (χ4n) is 2.88. The molecule has 0 amide bonds. The van der Waals surface area contributed by atoms with Gasteiger partial charge < -0.3 is 10.5 Å². The zero-order valence-electron chi connectivity index (χ0n) is 13.7. The number of alkyl halides is 5. The zero-order valence-corrected chi connectivity index (χ0v) is 13.7. The summed E-state index contributed by atoms with van der Waals surface area (Å²) in [5.74, 6) is -4.56. The molecule has 26 heavy (non-hydrogen) atoms. The number of allylic oxidation sites excluding steroid dienone is 2. The van der Waals surface area contributed by atoms with E-state index in [1.807, 2.05) is 0 Å². The molecule has 0 saturated heterocycles. The minimum atomic E-state index is -5.66. The first-order valence-corrected chi connectivity index (χ1v) is 7.75. The number of amidine groups is 1. The third-order valence-corrected chi connectivity index (χ3v) is 4.31. The van der Waals surface area contributed by atoms with Gasteiger partial charge in [0.1, 0.15) is 11.6 Å². The Morgan fingerprint density at radius 3 is 2.58 bits per heavy atom. The second kappa shape index (κ2) is 6.30. The Kier molecular flexibility index (Phi) is 4.41. The first-order chi connectivity index (χ1) is 12.1. The van der Waals surface area contributed by atoms with Gasteiger partial charge in [0.25, 0.3) is 0 Å². The van der Waals surface area contributed by atoms with Gasteiger partial charge in [-0.05, 0) is 18.1 Å². The lowest BCUT2D eigenvalue weighted by Crippen LogP contribution is -2.41. The fourth-order valence-corrected chi connectivity index (χ4v) is 2.88. The molecular formula is C17H16F5N3O. The summed E-state index contributed by atoms with van der Waals surface area (Å²) in [7, 11) is 1.76. The summed E-state index contributed by atoms with van der Waals surface area (Å²) in [6.07, 6.45) is -1.67. The average molecular weight is 373 g/mol. The number of benzene rings is 1. The molecule has 9 heteroatoms. The summed E-state index contributed by atoms with van der Waals surface area (Å²) in [6.45, 7) is -1.78. The highest BCUT2D eigenvalue weighted by Gasteiger charge is 2.58. The molecule has 1 aliphatic heterocycles. The van der Waals surface area contributed by atoms with E-state index >= 15 is 0 Å². The quantitative estimate of drug-likeness (QED) is 0.821. The monoisotopic (exact) mass is 373 g/mol. The Balaban J connectivity index is 1.84. The van der Waals surface area contributed by atoms with Crippen LogP contribution in [0.25, 0.3) is 5.57 Å². The van der Waals surface area contributed by atoms with Gasteiger partial charge in [-0.1, -0.05) is 30.4 Å². The van der Waals surface area contributed by atoms with Gasteiger partial charge in [0.15, 0.2) is 6.61 Å². The highest BCUT2D eigenvalue weighted by Crippen LogP contribution is 2.39. The molecule has 1 heterocycles. The summed E-state index contributed by atoms with van der Waals surface area (Å²) in [6, 6.07) is 6.04. The molecular weight excluding hydrogens is 357 g/mol. The molecule has 2 N–H and O–H groups in total. The van der Waals surface area contributed by atoms with Crippen LogP contribution in [0.2, 0.25) is 0 Å². The molecule has 4 nitrogen and oxygen atoms in total. The lowest BCUT2D eigenvalue weighted by molar-refractivity contribution is -0.290. The van der Waals surface area contributed by atoms with Gasteiger partial charge in [0.2, 0.25) is 0 Å². The van der Waals surface area contributed by atoms with Crippen LogP contribution in [-0.4, -0.2) is 42.6 Å². The normalized spacial score (nSPS) is 20.3. The van der Waals surface area contributed by atoms with Crippen LogP contribution in [0.1, 0.15) is 12.0 Å². The largest absolute Gasteiger partial charge is 0.486 e. The number of ether oxygens (including phenoxy) is 1. The minimum Gasteiger partial charge on any atom is -0.486 e. The van der Waals surface area contributed by atoms with Crippen LogP contribution >= 0.6 is 0 Å². The van der Waals surface area contributed by atoms with Crippen molar-refractivity contribution in [3.63, 3.8) is 0 Å². The van der Waals surface area contributed by atoms with Crippen LogP contribution in [0.4, 0.5) is 22.0 Å². The van der Waals surface area contributed by atoms with Crippen molar-refractivity contribution < 1.29 is 26.7 Å². The number of rotatable bonds is 4. The molecule has 0 saturated carbocycles. The van der Waals surface area contributed by atoms with E-state index in [1.54, 1.807) is 36.3 Å². The van der Waals surface area contributed by atoms with Crippen molar-refractivity contribution in [1.29, 1.82) is 0 Å². The predicted molar refractivity (Wildman–Crippen MR) is 86.8 cm³/mol. The van der Waals surface area contributed by atoms with E-state index in [4.69, 9.17) is 10.5 Å². The lowest BCUT2D eigenvalue weighted by Gasteiger charge is -2.26. The molecule has 1 atom stereocenters. The highest BCUT2D eigenvalue weighted by molar-refractivity contribution is 6.01. The van der Waals surface area contributed by atoms with E-state index < -0.39 is 18.7 Å². The number of nitrogens with two attached hydrogens (primary N) is 1. The van der Waals surface area contributed by atoms with Gasteiger partial charge in [-0.3, -0.25) is 5.01 Å². The van der Waals surface area contributed by atoms with Gasteiger partial charge in [-0.2, -0.15) is 27.1 Å². The van der Waals surface area contributed by atoms with E-state index in [-0.39, 0.29) is 11.8 Å². The number of likely N-dealkylation sites (N-methyl/N-ethyl adjacent to an activating group) is 1. The van der Waals surface area contributed by atoms with Gasteiger partial charge in [0.05, 0.1) is 6.04 Å². The number of nitrogens with zero attached hydrogens (tertiary/aromatic N) is 2. The number of hydrogen-bond acceptors (Lipinski definition) is 4. The maximum Gasteiger partial charge on any atom is 0.456 e. The van der Waals surface area contributed by atoms with Crippen LogP contribution in [0.5, 0.6) is 5.75 Å². The molecule has 0 aromatic heterocycles. The number of fused-ring (bicyclic) bond motifs is 1. The minimum absolute atomic E-state index is 0.0333. The van der Waals surface area contributed by atoms with Crippen molar-refractivity contribution in [2.75, 3.05) is 13.7 Å². The topological polar surface area (TPSA) is 50.8 Å². The average Bonchev–Trinajstić information content (AvgIpc) is 2.86. The highest BCUT2D eigenvalue weighted by atomic mass is 19.4. The fraction of sp³-hybridized carbons (Fsp3) is 0.353. The first kappa shape index (κ1) is 18.2. The maximum atomic E-state index is 13.2. The zero-order chi connectivity index (χ0) is 19.1. The second-order valence-electron chi connectivity index (χ2n) is 6.08. The first-order valence-electron chi connectivity index (χ1n) is 7.75. The van der Waals surface area contributed by atoms with Crippen molar-refractivity contribution in [2.45, 2.75) is 24.6 Å². The summed E-state index contributed by atoms with van der Waals surface area (Å²) < 4.78 is 68.2. The SMILES string of the molecule is CN1N=C(N)C2=CC=C(c3ccccc3OCC(F)(F)C(F)(F)F)CC21. The van der Waals surface area contributed by atoms with Crippen molar-refractivity contribution in [3.05, 3.63) is 47.6 Å². The summed E-state index contributed by atoms with van der Waals surface area (Å²) in [5, 5.41) is 5.84. The molecule has 0 radical (unpaired) electrons. The Hall–Kier alpha value is -2.58. The number of hydrogen-bond donors (Lipinski definition) is 1. The van der Waals surface area contributed by atoms with E-state index in [9.17, 15) is 22.0 Å². The molecule has 1 unspecified atom stereocenters. The summed E-state index contributed by atoms with van der Waals surface area (Å²) >= 11 is 0. The van der Waals surface area contributed by atoms with E-state index in [0.29, 0.717) is 17.8 Å². The van der Waals surface area contributed by atoms with E-state index in [1.165, 1.54) is 12.1 Å². The third-order valence-electron chi connectivity index (χ3n) is 4.31. The van der Waals surface area contributed by atoms with Gasteiger partial charge >= 0.3 is 12.1 Å². The summed E-state index contributed by atoms with van der Waals surface area (Å²) in [5.41, 5.74) is 7.87. The molecule has 1 aliphatic carbocycles. The van der Waals surface area contributed by atoms with Crippen LogP contribution < -0.4 is 10.5 Å². The van der Waals surface area contributed by atoms with Crippen molar-refractivity contribution >= 4 is 11.4 Å². The van der Waals surface area contributed by atoms with Crippen LogP contribution in [-0.2, 0) is 0 Å². The molecule has 0 bridgehead atoms. The summed E-state index contributed by atoms with van der Waals surface area (Å²) in [4.78, 5) is 0. The molecule has 0 fully saturated rings. The Morgan fingerprint density at radius 1 is 1.19 bits per heavy atom. The predicted octanol–water partition coefficient (Wildman–Crippen LogP) is 3.56. The third kappa shape index (κ3) is 3.25. The van der Waals surface area contributed by atoms with Crippen LogP contribution in [0.3, 0.4) is 0 Å².